The van der Waals surface area contributed by atoms with Crippen molar-refractivity contribution in [1.29, 1.82) is 5.26 Å². The minimum Gasteiger partial charge on any atom is -0.325 e. The Morgan fingerprint density at radius 1 is 1.03 bits per heavy atom. The summed E-state index contributed by atoms with van der Waals surface area (Å²) in [4.78, 5) is 16.9. The normalized spacial score (nSPS) is 10.6. The molecule has 0 aliphatic heterocycles. The third-order valence-corrected chi connectivity index (χ3v) is 6.30. The average molecular weight is 469 g/mol. The lowest BCUT2D eigenvalue weighted by atomic mass is 10.0. The van der Waals surface area contributed by atoms with E-state index in [0.29, 0.717) is 22.2 Å². The number of para-hydroxylation sites is 1. The van der Waals surface area contributed by atoms with Crippen LogP contribution >= 0.6 is 11.8 Å². The van der Waals surface area contributed by atoms with Gasteiger partial charge in [-0.3, -0.25) is 14.3 Å². The topological polar surface area (TPSA) is 96.5 Å². The minimum absolute atomic E-state index is 0.160. The molecule has 0 aliphatic rings. The zero-order chi connectivity index (χ0) is 23.9. The first-order valence-electron chi connectivity index (χ1n) is 11.0. The first-order valence-corrected chi connectivity index (χ1v) is 12.0. The Morgan fingerprint density at radius 2 is 1.76 bits per heavy atom. The van der Waals surface area contributed by atoms with E-state index in [4.69, 9.17) is 5.26 Å². The predicted molar refractivity (Wildman–Crippen MR) is 134 cm³/mol. The number of nitrogens with zero attached hydrogens (tertiary/aromatic N) is 5. The Balaban J connectivity index is 1.67. The third-order valence-electron chi connectivity index (χ3n) is 5.37. The quantitative estimate of drug-likeness (QED) is 0.363. The van der Waals surface area contributed by atoms with Crippen molar-refractivity contribution in [2.75, 3.05) is 11.1 Å². The maximum Gasteiger partial charge on any atom is 0.234 e. The fourth-order valence-corrected chi connectivity index (χ4v) is 4.44. The number of carbonyl (C=O) groups is 1. The number of carbonyl (C=O) groups excluding carboxylic acids is 1. The molecule has 4 rings (SSSR count). The van der Waals surface area contributed by atoms with Crippen LogP contribution in [0.25, 0.3) is 17.1 Å². The van der Waals surface area contributed by atoms with Gasteiger partial charge in [0, 0.05) is 23.6 Å². The molecule has 0 spiro atoms. The number of aryl methyl sites for hydroxylation is 2. The molecule has 0 unspecified atom stereocenters. The van der Waals surface area contributed by atoms with Gasteiger partial charge < -0.3 is 5.32 Å². The summed E-state index contributed by atoms with van der Waals surface area (Å²) in [5.74, 6) is 0.700. The molecule has 170 valence electrons. The summed E-state index contributed by atoms with van der Waals surface area (Å²) in [5, 5.41) is 21.4. The molecule has 0 atom stereocenters. The largest absolute Gasteiger partial charge is 0.325 e. The number of pyridine rings is 1. The highest BCUT2D eigenvalue weighted by atomic mass is 32.2. The summed E-state index contributed by atoms with van der Waals surface area (Å²) in [6.45, 7) is 4.26. The molecular formula is C26H24N6OS. The standard InChI is InChI=1S/C26H24N6OS/c1-3-19-7-5-8-20(4-2)24(19)32-25(21-9-6-14-28-16-21)30-31-26(32)34-17-23(33)29-22-12-10-18(15-27)11-13-22/h5-14,16H,3-4,17H2,1-2H3,(H,29,33). The van der Waals surface area contributed by atoms with Crippen molar-refractivity contribution < 1.29 is 4.79 Å². The number of hydrogen-bond donors (Lipinski definition) is 1. The van der Waals surface area contributed by atoms with Crippen LogP contribution in [-0.2, 0) is 17.6 Å². The second-order valence-corrected chi connectivity index (χ2v) is 8.48. The van der Waals surface area contributed by atoms with Gasteiger partial charge in [-0.25, -0.2) is 0 Å². The van der Waals surface area contributed by atoms with Gasteiger partial charge in [0.25, 0.3) is 0 Å². The number of aromatic nitrogens is 4. The Kier molecular flexibility index (Phi) is 7.35. The van der Waals surface area contributed by atoms with Gasteiger partial charge in [0.2, 0.25) is 5.91 Å². The molecule has 2 heterocycles. The van der Waals surface area contributed by atoms with Gasteiger partial charge in [-0.2, -0.15) is 5.26 Å². The maximum absolute atomic E-state index is 12.6. The lowest BCUT2D eigenvalue weighted by molar-refractivity contribution is -0.113. The molecule has 34 heavy (non-hydrogen) atoms. The summed E-state index contributed by atoms with van der Waals surface area (Å²) in [5.41, 5.74) is 5.49. The van der Waals surface area contributed by atoms with Crippen LogP contribution < -0.4 is 5.32 Å². The predicted octanol–water partition coefficient (Wildman–Crippen LogP) is 5.06. The molecule has 0 radical (unpaired) electrons. The van der Waals surface area contributed by atoms with Crippen molar-refractivity contribution in [3.05, 3.63) is 83.7 Å². The lowest BCUT2D eigenvalue weighted by Crippen LogP contribution is -2.15. The van der Waals surface area contributed by atoms with Crippen molar-refractivity contribution in [2.24, 2.45) is 0 Å². The fraction of sp³-hybridized carbons (Fsp3) is 0.192. The highest BCUT2D eigenvalue weighted by molar-refractivity contribution is 7.99. The average Bonchev–Trinajstić information content (AvgIpc) is 3.31. The third kappa shape index (κ3) is 5.00. The van der Waals surface area contributed by atoms with Crippen molar-refractivity contribution in [2.45, 2.75) is 31.8 Å². The molecule has 8 heteroatoms. The highest BCUT2D eigenvalue weighted by Gasteiger charge is 2.21. The highest BCUT2D eigenvalue weighted by Crippen LogP contribution is 2.32. The van der Waals surface area contributed by atoms with Gasteiger partial charge in [0.1, 0.15) is 0 Å². The first-order chi connectivity index (χ1) is 16.6. The van der Waals surface area contributed by atoms with E-state index in [0.717, 1.165) is 24.1 Å². The summed E-state index contributed by atoms with van der Waals surface area (Å²) < 4.78 is 2.05. The summed E-state index contributed by atoms with van der Waals surface area (Å²) >= 11 is 1.34. The second-order valence-electron chi connectivity index (χ2n) is 7.54. The van der Waals surface area contributed by atoms with E-state index in [1.807, 2.05) is 16.7 Å². The zero-order valence-corrected chi connectivity index (χ0v) is 19.8. The van der Waals surface area contributed by atoms with Gasteiger partial charge >= 0.3 is 0 Å². The van der Waals surface area contributed by atoms with Gasteiger partial charge in [0.15, 0.2) is 11.0 Å². The van der Waals surface area contributed by atoms with Crippen LogP contribution in [0, 0.1) is 11.3 Å². The zero-order valence-electron chi connectivity index (χ0n) is 19.0. The van der Waals surface area contributed by atoms with E-state index in [1.54, 1.807) is 36.7 Å². The smallest absolute Gasteiger partial charge is 0.234 e. The first kappa shape index (κ1) is 23.2. The number of thioether (sulfide) groups is 1. The number of nitriles is 1. The van der Waals surface area contributed by atoms with Crippen LogP contribution in [0.3, 0.4) is 0 Å². The van der Waals surface area contributed by atoms with Crippen LogP contribution in [-0.4, -0.2) is 31.4 Å². The second kappa shape index (κ2) is 10.8. The molecule has 2 aromatic carbocycles. The van der Waals surface area contributed by atoms with E-state index in [-0.39, 0.29) is 11.7 Å². The van der Waals surface area contributed by atoms with Gasteiger partial charge in [-0.1, -0.05) is 43.8 Å². The van der Waals surface area contributed by atoms with Crippen molar-refractivity contribution in [3.8, 4) is 23.1 Å². The number of amides is 1. The van der Waals surface area contributed by atoms with Crippen molar-refractivity contribution >= 4 is 23.4 Å². The number of nitrogens with one attached hydrogen (secondary N) is 1. The van der Waals surface area contributed by atoms with Crippen LogP contribution in [0.1, 0.15) is 30.5 Å². The lowest BCUT2D eigenvalue weighted by Gasteiger charge is -2.18. The number of anilines is 1. The van der Waals surface area contributed by atoms with E-state index >= 15 is 0 Å². The molecule has 7 nitrogen and oxygen atoms in total. The van der Waals surface area contributed by atoms with Gasteiger partial charge in [-0.05, 0) is 60.4 Å². The van der Waals surface area contributed by atoms with E-state index < -0.39 is 0 Å². The van der Waals surface area contributed by atoms with E-state index in [2.05, 4.69) is 58.6 Å². The van der Waals surface area contributed by atoms with Crippen LogP contribution in [0.15, 0.2) is 72.1 Å². The Hall–Kier alpha value is -3.96. The van der Waals surface area contributed by atoms with Crippen molar-refractivity contribution in [3.63, 3.8) is 0 Å². The monoisotopic (exact) mass is 468 g/mol. The van der Waals surface area contributed by atoms with Crippen molar-refractivity contribution in [1.82, 2.24) is 19.7 Å². The van der Waals surface area contributed by atoms with Gasteiger partial charge in [-0.15, -0.1) is 10.2 Å². The van der Waals surface area contributed by atoms with E-state index in [1.165, 1.54) is 22.9 Å². The molecule has 0 bridgehead atoms. The van der Waals surface area contributed by atoms with Crippen LogP contribution in [0.2, 0.25) is 0 Å². The van der Waals surface area contributed by atoms with Gasteiger partial charge in [0.05, 0.1) is 23.1 Å². The number of hydrogen-bond acceptors (Lipinski definition) is 6. The fourth-order valence-electron chi connectivity index (χ4n) is 3.70. The minimum atomic E-state index is -0.160. The SMILES string of the molecule is CCc1cccc(CC)c1-n1c(SCC(=O)Nc2ccc(C#N)cc2)nnc1-c1cccnc1. The molecule has 1 amide bonds. The van der Waals surface area contributed by atoms with Crippen LogP contribution in [0.4, 0.5) is 5.69 Å². The van der Waals surface area contributed by atoms with E-state index in [9.17, 15) is 4.79 Å². The molecule has 2 aromatic heterocycles. The Labute approximate surface area is 202 Å². The Bertz CT molecular complexity index is 1300. The summed E-state index contributed by atoms with van der Waals surface area (Å²) in [6.07, 6.45) is 5.21. The summed E-state index contributed by atoms with van der Waals surface area (Å²) in [6, 6.07) is 19.0. The maximum atomic E-state index is 12.6. The van der Waals surface area contributed by atoms with Crippen LogP contribution in [0.5, 0.6) is 0 Å². The molecule has 0 fully saturated rings. The molecule has 0 saturated heterocycles. The number of rotatable bonds is 8. The molecular weight excluding hydrogens is 444 g/mol. The molecule has 4 aromatic rings. The molecule has 0 aliphatic carbocycles. The molecule has 1 N–H and O–H groups in total. The number of benzene rings is 2. The molecule has 0 saturated carbocycles. The Morgan fingerprint density at radius 3 is 2.38 bits per heavy atom. The summed E-state index contributed by atoms with van der Waals surface area (Å²) in [7, 11) is 0.